The summed E-state index contributed by atoms with van der Waals surface area (Å²) in [6.45, 7) is 0.336. The van der Waals surface area contributed by atoms with Gasteiger partial charge in [-0.3, -0.25) is 0 Å². The van der Waals surface area contributed by atoms with Crippen LogP contribution in [-0.4, -0.2) is 22.9 Å². The molecule has 0 aliphatic heterocycles. The lowest BCUT2D eigenvalue weighted by molar-refractivity contribution is 0.0151. The van der Waals surface area contributed by atoms with Crippen molar-refractivity contribution in [1.29, 1.82) is 0 Å². The molecule has 2 atom stereocenters. The molecule has 4 N–H and O–H groups in total. The van der Waals surface area contributed by atoms with Crippen LogP contribution in [-0.2, 0) is 0 Å². The maximum absolute atomic E-state index is 9.71. The van der Waals surface area contributed by atoms with Crippen LogP contribution in [0.2, 0.25) is 5.02 Å². The first-order valence-corrected chi connectivity index (χ1v) is 4.85. The second-order valence-corrected chi connectivity index (χ2v) is 3.52. The quantitative estimate of drug-likeness (QED) is 0.704. The van der Waals surface area contributed by atoms with Gasteiger partial charge in [-0.05, 0) is 19.0 Å². The molecule has 0 spiro atoms. The predicted molar refractivity (Wildman–Crippen MR) is 56.1 cm³/mol. The molecule has 0 aliphatic rings. The highest BCUT2D eigenvalue weighted by molar-refractivity contribution is 6.31. The number of hydrogen-bond donors (Lipinski definition) is 3. The lowest BCUT2D eigenvalue weighted by Gasteiger charge is -2.18. The van der Waals surface area contributed by atoms with Crippen molar-refractivity contribution in [2.75, 3.05) is 6.54 Å². The molecule has 0 saturated heterocycles. The van der Waals surface area contributed by atoms with Crippen molar-refractivity contribution in [3.05, 3.63) is 34.9 Å². The molecule has 0 saturated carbocycles. The van der Waals surface area contributed by atoms with Gasteiger partial charge >= 0.3 is 0 Å². The highest BCUT2D eigenvalue weighted by Crippen LogP contribution is 2.25. The minimum absolute atomic E-state index is 0.336. The van der Waals surface area contributed by atoms with E-state index < -0.39 is 12.2 Å². The molecule has 1 aromatic rings. The zero-order valence-electron chi connectivity index (χ0n) is 7.73. The molecule has 0 amide bonds. The number of nitrogens with two attached hydrogens (primary N) is 1. The maximum atomic E-state index is 9.71. The van der Waals surface area contributed by atoms with E-state index in [1.807, 2.05) is 0 Å². The summed E-state index contributed by atoms with van der Waals surface area (Å²) < 4.78 is 0. The Morgan fingerprint density at radius 1 is 1.29 bits per heavy atom. The number of benzene rings is 1. The Kier molecular flexibility index (Phi) is 4.35. The van der Waals surface area contributed by atoms with Crippen LogP contribution in [0.1, 0.15) is 18.1 Å². The minimum Gasteiger partial charge on any atom is -0.390 e. The highest BCUT2D eigenvalue weighted by Gasteiger charge is 2.19. The first kappa shape index (κ1) is 11.5. The van der Waals surface area contributed by atoms with Crippen molar-refractivity contribution in [3.8, 4) is 0 Å². The van der Waals surface area contributed by atoms with Crippen molar-refractivity contribution in [3.63, 3.8) is 0 Å². The molecule has 0 fully saturated rings. The molecule has 0 aliphatic carbocycles. The van der Waals surface area contributed by atoms with Gasteiger partial charge in [-0.2, -0.15) is 0 Å². The normalized spacial score (nSPS) is 15.1. The molecule has 78 valence electrons. The molecule has 3 nitrogen and oxygen atoms in total. The van der Waals surface area contributed by atoms with Gasteiger partial charge in [-0.1, -0.05) is 29.8 Å². The molecule has 1 rings (SSSR count). The number of halogens is 1. The molecule has 2 unspecified atom stereocenters. The Balaban J connectivity index is 2.78. The summed E-state index contributed by atoms with van der Waals surface area (Å²) >= 11 is 5.86. The monoisotopic (exact) mass is 215 g/mol. The van der Waals surface area contributed by atoms with Crippen LogP contribution in [0.25, 0.3) is 0 Å². The van der Waals surface area contributed by atoms with Crippen molar-refractivity contribution in [2.24, 2.45) is 5.73 Å². The Labute approximate surface area is 88.1 Å². The van der Waals surface area contributed by atoms with Crippen molar-refractivity contribution in [1.82, 2.24) is 0 Å². The van der Waals surface area contributed by atoms with E-state index in [1.54, 1.807) is 24.3 Å². The fourth-order valence-corrected chi connectivity index (χ4v) is 1.50. The Morgan fingerprint density at radius 3 is 2.50 bits per heavy atom. The van der Waals surface area contributed by atoms with E-state index in [0.717, 1.165) is 0 Å². The molecule has 14 heavy (non-hydrogen) atoms. The maximum Gasteiger partial charge on any atom is 0.106 e. The minimum atomic E-state index is -0.966. The molecule has 0 aromatic heterocycles. The third-order valence-electron chi connectivity index (χ3n) is 2.05. The van der Waals surface area contributed by atoms with E-state index in [4.69, 9.17) is 17.3 Å². The SMILES string of the molecule is NCCC(O)C(O)c1ccccc1Cl. The highest BCUT2D eigenvalue weighted by atomic mass is 35.5. The van der Waals surface area contributed by atoms with E-state index >= 15 is 0 Å². The van der Waals surface area contributed by atoms with Crippen molar-refractivity contribution < 1.29 is 10.2 Å². The summed E-state index contributed by atoms with van der Waals surface area (Å²) in [4.78, 5) is 0. The van der Waals surface area contributed by atoms with Gasteiger partial charge in [-0.25, -0.2) is 0 Å². The molecule has 4 heteroatoms. The van der Waals surface area contributed by atoms with E-state index in [2.05, 4.69) is 0 Å². The van der Waals surface area contributed by atoms with E-state index in [9.17, 15) is 10.2 Å². The first-order valence-electron chi connectivity index (χ1n) is 4.47. The Bertz CT molecular complexity index is 293. The van der Waals surface area contributed by atoms with Crippen molar-refractivity contribution >= 4 is 11.6 Å². The number of aliphatic hydroxyl groups excluding tert-OH is 2. The topological polar surface area (TPSA) is 66.5 Å². The summed E-state index contributed by atoms with van der Waals surface area (Å²) in [5, 5.41) is 19.7. The third kappa shape index (κ3) is 2.69. The molecule has 0 heterocycles. The van der Waals surface area contributed by atoms with Gasteiger partial charge in [0.05, 0.1) is 6.10 Å². The standard InChI is InChI=1S/C10H14ClNO2/c11-8-4-2-1-3-7(8)10(14)9(13)5-6-12/h1-4,9-10,13-14H,5-6,12H2. The zero-order valence-corrected chi connectivity index (χ0v) is 8.48. The lowest BCUT2D eigenvalue weighted by Crippen LogP contribution is -2.21. The molecular weight excluding hydrogens is 202 g/mol. The third-order valence-corrected chi connectivity index (χ3v) is 2.39. The van der Waals surface area contributed by atoms with Crippen molar-refractivity contribution in [2.45, 2.75) is 18.6 Å². The predicted octanol–water partition coefficient (Wildman–Crippen LogP) is 1.08. The molecule has 1 aromatic carbocycles. The zero-order chi connectivity index (χ0) is 10.6. The fraction of sp³-hybridized carbons (Fsp3) is 0.400. The van der Waals surface area contributed by atoms with Gasteiger partial charge < -0.3 is 15.9 Å². The fourth-order valence-electron chi connectivity index (χ4n) is 1.25. The average molecular weight is 216 g/mol. The van der Waals surface area contributed by atoms with Crippen LogP contribution in [0.15, 0.2) is 24.3 Å². The molecule has 0 bridgehead atoms. The van der Waals surface area contributed by atoms with Crippen LogP contribution in [0.4, 0.5) is 0 Å². The average Bonchev–Trinajstić information content (AvgIpc) is 2.18. The molecular formula is C10H14ClNO2. The van der Waals surface area contributed by atoms with Crippen LogP contribution >= 0.6 is 11.6 Å². The number of hydrogen-bond acceptors (Lipinski definition) is 3. The van der Waals surface area contributed by atoms with Crippen LogP contribution in [0, 0.1) is 0 Å². The van der Waals surface area contributed by atoms with Gasteiger partial charge in [0, 0.05) is 10.6 Å². The van der Waals surface area contributed by atoms with Crippen LogP contribution in [0.3, 0.4) is 0 Å². The molecule has 0 radical (unpaired) electrons. The lowest BCUT2D eigenvalue weighted by atomic mass is 10.0. The first-order chi connectivity index (χ1) is 6.66. The number of aliphatic hydroxyl groups is 2. The smallest absolute Gasteiger partial charge is 0.106 e. The van der Waals surface area contributed by atoms with Gasteiger partial charge in [0.15, 0.2) is 0 Å². The van der Waals surface area contributed by atoms with E-state index in [0.29, 0.717) is 23.6 Å². The van der Waals surface area contributed by atoms with Gasteiger partial charge in [-0.15, -0.1) is 0 Å². The summed E-state index contributed by atoms with van der Waals surface area (Å²) in [6, 6.07) is 6.90. The second-order valence-electron chi connectivity index (χ2n) is 3.11. The summed E-state index contributed by atoms with van der Waals surface area (Å²) in [5.41, 5.74) is 5.82. The summed E-state index contributed by atoms with van der Waals surface area (Å²) in [6.07, 6.45) is -1.47. The van der Waals surface area contributed by atoms with Crippen LogP contribution in [0.5, 0.6) is 0 Å². The Hall–Kier alpha value is -0.610. The Morgan fingerprint density at radius 2 is 1.93 bits per heavy atom. The van der Waals surface area contributed by atoms with Gasteiger partial charge in [0.25, 0.3) is 0 Å². The van der Waals surface area contributed by atoms with Gasteiger partial charge in [0.1, 0.15) is 6.10 Å². The second kappa shape index (κ2) is 5.32. The van der Waals surface area contributed by atoms with Crippen LogP contribution < -0.4 is 5.73 Å². The van der Waals surface area contributed by atoms with Gasteiger partial charge in [0.2, 0.25) is 0 Å². The summed E-state index contributed by atoms with van der Waals surface area (Å²) in [7, 11) is 0. The largest absolute Gasteiger partial charge is 0.390 e. The summed E-state index contributed by atoms with van der Waals surface area (Å²) in [5.74, 6) is 0. The van der Waals surface area contributed by atoms with E-state index in [-0.39, 0.29) is 0 Å². The van der Waals surface area contributed by atoms with E-state index in [1.165, 1.54) is 0 Å². The number of rotatable bonds is 4.